The number of likely N-dealkylation sites (tertiary alicyclic amines) is 1. The number of aliphatic carboxylic acids is 1. The Morgan fingerprint density at radius 3 is 2.37 bits per heavy atom. The minimum Gasteiger partial charge on any atom is -0.481 e. The van der Waals surface area contributed by atoms with Crippen LogP contribution in [0.25, 0.3) is 0 Å². The molecule has 0 aromatic rings. The van der Waals surface area contributed by atoms with Crippen LogP contribution in [0.1, 0.15) is 59.3 Å². The van der Waals surface area contributed by atoms with Crippen molar-refractivity contribution in [2.24, 2.45) is 17.3 Å². The molecular weight excluding hydrogens is 238 g/mol. The van der Waals surface area contributed by atoms with Crippen molar-refractivity contribution in [3.05, 3.63) is 0 Å². The van der Waals surface area contributed by atoms with Crippen molar-refractivity contribution in [3.63, 3.8) is 0 Å². The molecule has 3 heteroatoms. The molecule has 0 aromatic carbocycles. The van der Waals surface area contributed by atoms with Crippen molar-refractivity contribution in [1.29, 1.82) is 0 Å². The molecule has 1 unspecified atom stereocenters. The second-order valence-corrected chi connectivity index (χ2v) is 6.97. The Morgan fingerprint density at radius 1 is 1.32 bits per heavy atom. The zero-order chi connectivity index (χ0) is 14.0. The first-order valence-electron chi connectivity index (χ1n) is 7.96. The fourth-order valence-corrected chi connectivity index (χ4v) is 3.96. The number of hydrogen-bond acceptors (Lipinski definition) is 2. The zero-order valence-electron chi connectivity index (χ0n) is 12.7. The maximum absolute atomic E-state index is 11.5. The average Bonchev–Trinajstić information content (AvgIpc) is 2.84. The van der Waals surface area contributed by atoms with Gasteiger partial charge in [-0.3, -0.25) is 9.69 Å². The molecule has 1 saturated carbocycles. The summed E-state index contributed by atoms with van der Waals surface area (Å²) in [6, 6.07) is 0.641. The lowest BCUT2D eigenvalue weighted by Crippen LogP contribution is -2.40. The molecule has 1 aliphatic heterocycles. The van der Waals surface area contributed by atoms with Gasteiger partial charge in [0.05, 0.1) is 5.41 Å². The summed E-state index contributed by atoms with van der Waals surface area (Å²) in [6.07, 6.45) is 6.78. The molecule has 19 heavy (non-hydrogen) atoms. The molecule has 1 heterocycles. The normalized spacial score (nSPS) is 36.8. The molecule has 1 atom stereocenters. The highest BCUT2D eigenvalue weighted by Gasteiger charge is 2.45. The summed E-state index contributed by atoms with van der Waals surface area (Å²) in [4.78, 5) is 14.0. The Morgan fingerprint density at radius 2 is 1.95 bits per heavy atom. The SMILES string of the molecule is CCC1(C(=O)O)CCN(C2CCC(C(C)C)CC2)C1. The van der Waals surface area contributed by atoms with Crippen LogP contribution in [0.15, 0.2) is 0 Å². The van der Waals surface area contributed by atoms with Crippen molar-refractivity contribution in [3.8, 4) is 0 Å². The predicted molar refractivity (Wildman–Crippen MR) is 77.1 cm³/mol. The predicted octanol–water partition coefficient (Wildman–Crippen LogP) is 3.39. The molecule has 0 spiro atoms. The van der Waals surface area contributed by atoms with Crippen molar-refractivity contribution < 1.29 is 9.90 Å². The Hall–Kier alpha value is -0.570. The number of hydrogen-bond donors (Lipinski definition) is 1. The molecule has 0 radical (unpaired) electrons. The van der Waals surface area contributed by atoms with E-state index in [1.165, 1.54) is 25.7 Å². The fourth-order valence-electron chi connectivity index (χ4n) is 3.96. The molecule has 0 amide bonds. The Balaban J connectivity index is 1.90. The van der Waals surface area contributed by atoms with Gasteiger partial charge in [-0.1, -0.05) is 20.8 Å². The minimum atomic E-state index is -0.589. The largest absolute Gasteiger partial charge is 0.481 e. The number of carbonyl (C=O) groups is 1. The van der Waals surface area contributed by atoms with Crippen LogP contribution >= 0.6 is 0 Å². The maximum atomic E-state index is 11.5. The Kier molecular flexibility index (Phi) is 4.54. The molecule has 1 N–H and O–H groups in total. The van der Waals surface area contributed by atoms with Crippen LogP contribution < -0.4 is 0 Å². The van der Waals surface area contributed by atoms with Gasteiger partial charge >= 0.3 is 5.97 Å². The van der Waals surface area contributed by atoms with E-state index in [1.807, 2.05) is 6.92 Å². The summed E-state index contributed by atoms with van der Waals surface area (Å²) in [5.41, 5.74) is -0.463. The molecule has 0 aromatic heterocycles. The third-order valence-corrected chi connectivity index (χ3v) is 5.71. The summed E-state index contributed by atoms with van der Waals surface area (Å²) in [5, 5.41) is 9.47. The van der Waals surface area contributed by atoms with Gasteiger partial charge in [-0.15, -0.1) is 0 Å². The van der Waals surface area contributed by atoms with Gasteiger partial charge in [0.2, 0.25) is 0 Å². The quantitative estimate of drug-likeness (QED) is 0.849. The lowest BCUT2D eigenvalue weighted by Gasteiger charge is -2.36. The van der Waals surface area contributed by atoms with Crippen molar-refractivity contribution in [2.75, 3.05) is 13.1 Å². The van der Waals surface area contributed by atoms with Crippen LogP contribution in [0.4, 0.5) is 0 Å². The lowest BCUT2D eigenvalue weighted by atomic mass is 9.79. The lowest BCUT2D eigenvalue weighted by molar-refractivity contribution is -0.148. The van der Waals surface area contributed by atoms with E-state index in [2.05, 4.69) is 18.7 Å². The van der Waals surface area contributed by atoms with Crippen LogP contribution in [-0.4, -0.2) is 35.1 Å². The summed E-state index contributed by atoms with van der Waals surface area (Å²) < 4.78 is 0. The van der Waals surface area contributed by atoms with Crippen LogP contribution in [0.2, 0.25) is 0 Å². The van der Waals surface area contributed by atoms with E-state index in [0.717, 1.165) is 37.8 Å². The van der Waals surface area contributed by atoms with E-state index in [4.69, 9.17) is 0 Å². The third kappa shape index (κ3) is 2.96. The van der Waals surface area contributed by atoms with Gasteiger partial charge in [0.15, 0.2) is 0 Å². The van der Waals surface area contributed by atoms with E-state index in [1.54, 1.807) is 0 Å². The van der Waals surface area contributed by atoms with E-state index in [0.29, 0.717) is 6.04 Å². The Labute approximate surface area is 117 Å². The van der Waals surface area contributed by atoms with Gasteiger partial charge in [-0.05, 0) is 56.9 Å². The smallest absolute Gasteiger partial charge is 0.310 e. The van der Waals surface area contributed by atoms with Crippen LogP contribution in [0.5, 0.6) is 0 Å². The molecule has 3 nitrogen and oxygen atoms in total. The van der Waals surface area contributed by atoms with Crippen molar-refractivity contribution in [1.82, 2.24) is 4.90 Å². The first-order valence-corrected chi connectivity index (χ1v) is 7.96. The first-order chi connectivity index (χ1) is 8.98. The number of carboxylic acids is 1. The Bertz CT molecular complexity index is 321. The van der Waals surface area contributed by atoms with Gasteiger partial charge in [0.1, 0.15) is 0 Å². The molecule has 0 bridgehead atoms. The van der Waals surface area contributed by atoms with Gasteiger partial charge in [0.25, 0.3) is 0 Å². The highest BCUT2D eigenvalue weighted by Crippen LogP contribution is 2.39. The number of carboxylic acid groups (broad SMARTS) is 1. The van der Waals surface area contributed by atoms with E-state index in [9.17, 15) is 9.90 Å². The maximum Gasteiger partial charge on any atom is 0.310 e. The average molecular weight is 267 g/mol. The van der Waals surface area contributed by atoms with E-state index in [-0.39, 0.29) is 0 Å². The minimum absolute atomic E-state index is 0.463. The summed E-state index contributed by atoms with van der Waals surface area (Å²) in [5.74, 6) is 1.09. The topological polar surface area (TPSA) is 40.5 Å². The van der Waals surface area contributed by atoms with Crippen LogP contribution in [0.3, 0.4) is 0 Å². The standard InChI is InChI=1S/C16H29NO2/c1-4-16(15(18)19)9-10-17(11-16)14-7-5-13(6-8-14)12(2)3/h12-14H,4-11H2,1-3H3,(H,18,19). The number of nitrogens with zero attached hydrogens (tertiary/aromatic N) is 1. The van der Waals surface area contributed by atoms with Gasteiger partial charge in [-0.25, -0.2) is 0 Å². The van der Waals surface area contributed by atoms with Crippen molar-refractivity contribution in [2.45, 2.75) is 65.3 Å². The summed E-state index contributed by atoms with van der Waals surface area (Å²) in [6.45, 7) is 8.43. The third-order valence-electron chi connectivity index (χ3n) is 5.71. The molecule has 2 aliphatic rings. The number of rotatable bonds is 4. The molecular formula is C16H29NO2. The molecule has 1 aliphatic carbocycles. The summed E-state index contributed by atoms with van der Waals surface area (Å²) >= 11 is 0. The van der Waals surface area contributed by atoms with Crippen LogP contribution in [0, 0.1) is 17.3 Å². The monoisotopic (exact) mass is 267 g/mol. The van der Waals surface area contributed by atoms with Gasteiger partial charge < -0.3 is 5.11 Å². The second-order valence-electron chi connectivity index (χ2n) is 6.97. The molecule has 2 rings (SSSR count). The fraction of sp³-hybridized carbons (Fsp3) is 0.938. The van der Waals surface area contributed by atoms with Gasteiger partial charge in [0, 0.05) is 12.6 Å². The van der Waals surface area contributed by atoms with Crippen LogP contribution in [-0.2, 0) is 4.79 Å². The zero-order valence-corrected chi connectivity index (χ0v) is 12.7. The van der Waals surface area contributed by atoms with E-state index >= 15 is 0 Å². The van der Waals surface area contributed by atoms with Gasteiger partial charge in [-0.2, -0.15) is 0 Å². The summed E-state index contributed by atoms with van der Waals surface area (Å²) in [7, 11) is 0. The van der Waals surface area contributed by atoms with E-state index < -0.39 is 11.4 Å². The molecule has 1 saturated heterocycles. The highest BCUT2D eigenvalue weighted by molar-refractivity contribution is 5.75. The highest BCUT2D eigenvalue weighted by atomic mass is 16.4. The molecule has 2 fully saturated rings. The molecule has 110 valence electrons. The first kappa shape index (κ1) is 14.8. The second kappa shape index (κ2) is 5.82. The van der Waals surface area contributed by atoms with Crippen molar-refractivity contribution >= 4 is 5.97 Å².